The number of hydrogen-bond acceptors (Lipinski definition) is 4. The molecule has 2 amide bonds. The fourth-order valence-electron chi connectivity index (χ4n) is 4.34. The van der Waals surface area contributed by atoms with E-state index in [9.17, 15) is 31.2 Å². The van der Waals surface area contributed by atoms with Crippen LogP contribution >= 0.6 is 0 Å². The summed E-state index contributed by atoms with van der Waals surface area (Å²) in [7, 11) is -4.37. The Morgan fingerprint density at radius 3 is 2.35 bits per heavy atom. The molecular formula is C23H24F3N3O4S. The van der Waals surface area contributed by atoms with Crippen molar-refractivity contribution < 1.29 is 31.2 Å². The quantitative estimate of drug-likeness (QED) is 0.691. The van der Waals surface area contributed by atoms with Crippen molar-refractivity contribution in [2.45, 2.75) is 30.3 Å². The number of rotatable bonds is 5. The number of fused-ring (bicyclic) bond motifs is 1. The van der Waals surface area contributed by atoms with E-state index in [0.29, 0.717) is 12.8 Å². The molecule has 0 bridgehead atoms. The van der Waals surface area contributed by atoms with Gasteiger partial charge in [0.15, 0.2) is 0 Å². The number of halogens is 3. The molecule has 2 aliphatic heterocycles. The molecule has 1 saturated heterocycles. The summed E-state index contributed by atoms with van der Waals surface area (Å²) >= 11 is 0. The second kappa shape index (κ2) is 9.38. The summed E-state index contributed by atoms with van der Waals surface area (Å²) in [5, 5.41) is 2.85. The number of carbonyl (C=O) groups is 2. The van der Waals surface area contributed by atoms with E-state index in [4.69, 9.17) is 0 Å². The van der Waals surface area contributed by atoms with Crippen LogP contribution in [0, 0.1) is 5.92 Å². The number of alkyl halides is 3. The third-order valence-corrected chi connectivity index (χ3v) is 8.18. The Balaban J connectivity index is 1.34. The third kappa shape index (κ3) is 4.95. The number of hydrogen-bond donors (Lipinski definition) is 1. The van der Waals surface area contributed by atoms with E-state index < -0.39 is 26.7 Å². The third-order valence-electron chi connectivity index (χ3n) is 6.22. The Morgan fingerprint density at radius 2 is 1.65 bits per heavy atom. The molecule has 0 saturated carbocycles. The van der Waals surface area contributed by atoms with E-state index >= 15 is 0 Å². The van der Waals surface area contributed by atoms with Crippen LogP contribution in [0.4, 0.5) is 18.9 Å². The lowest BCUT2D eigenvalue weighted by atomic mass is 9.89. The van der Waals surface area contributed by atoms with Crippen LogP contribution in [0.25, 0.3) is 0 Å². The van der Waals surface area contributed by atoms with Gasteiger partial charge in [-0.25, -0.2) is 8.42 Å². The van der Waals surface area contributed by atoms with Gasteiger partial charge >= 0.3 is 6.18 Å². The minimum atomic E-state index is -4.80. The number of carbonyl (C=O) groups excluding carboxylic acids is 2. The van der Waals surface area contributed by atoms with Gasteiger partial charge in [-0.1, -0.05) is 30.3 Å². The molecule has 0 aliphatic carbocycles. The maximum absolute atomic E-state index is 13.3. The Labute approximate surface area is 195 Å². The van der Waals surface area contributed by atoms with Crippen LogP contribution in [-0.4, -0.2) is 55.6 Å². The average Bonchev–Trinajstić information content (AvgIpc) is 2.82. The maximum atomic E-state index is 13.3. The minimum absolute atomic E-state index is 0.0753. The summed E-state index contributed by atoms with van der Waals surface area (Å²) in [6.07, 6.45) is -3.77. The predicted molar refractivity (Wildman–Crippen MR) is 118 cm³/mol. The van der Waals surface area contributed by atoms with E-state index in [1.807, 2.05) is 24.3 Å². The highest BCUT2D eigenvalue weighted by Gasteiger charge is 2.40. The number of benzene rings is 2. The first-order chi connectivity index (χ1) is 16.1. The molecule has 2 aromatic carbocycles. The van der Waals surface area contributed by atoms with Crippen molar-refractivity contribution >= 4 is 27.5 Å². The number of para-hydroxylation sites is 1. The average molecular weight is 496 g/mol. The van der Waals surface area contributed by atoms with Crippen LogP contribution in [0.15, 0.2) is 53.4 Å². The highest BCUT2D eigenvalue weighted by molar-refractivity contribution is 7.89. The number of nitrogens with zero attached hydrogens (tertiary/aromatic N) is 2. The summed E-state index contributed by atoms with van der Waals surface area (Å²) in [6, 6.07) is 11.6. The maximum Gasteiger partial charge on any atom is 0.417 e. The smallest absolute Gasteiger partial charge is 0.340 e. The Hall–Kier alpha value is -2.92. The van der Waals surface area contributed by atoms with Crippen molar-refractivity contribution in [1.29, 1.82) is 0 Å². The molecule has 0 spiro atoms. The predicted octanol–water partition coefficient (Wildman–Crippen LogP) is 3.13. The fraction of sp³-hybridized carbons (Fsp3) is 0.391. The van der Waals surface area contributed by atoms with Gasteiger partial charge in [0.05, 0.1) is 10.5 Å². The van der Waals surface area contributed by atoms with E-state index in [0.717, 1.165) is 33.8 Å². The highest BCUT2D eigenvalue weighted by atomic mass is 32.2. The van der Waals surface area contributed by atoms with Crippen LogP contribution in [0.1, 0.15) is 24.0 Å². The van der Waals surface area contributed by atoms with Crippen LogP contribution in [0.2, 0.25) is 0 Å². The lowest BCUT2D eigenvalue weighted by Crippen LogP contribution is -2.50. The first-order valence-electron chi connectivity index (χ1n) is 10.9. The van der Waals surface area contributed by atoms with Gasteiger partial charge < -0.3 is 10.2 Å². The van der Waals surface area contributed by atoms with E-state index in [1.54, 1.807) is 0 Å². The SMILES string of the molecule is O=C1Nc2ccccc2CC1CCC(=O)N1CCN(S(=O)(=O)c2ccccc2C(F)(F)F)CC1. The zero-order valence-corrected chi connectivity index (χ0v) is 19.0. The normalized spacial score (nSPS) is 19.4. The standard InChI is InChI=1S/C23H24F3N3O4S/c24-23(25,26)18-6-2-4-8-20(18)34(32,33)29-13-11-28(12-14-29)21(30)10-9-17-15-16-5-1-3-7-19(16)27-22(17)31/h1-8,17H,9-15H2,(H,27,31). The van der Waals surface area contributed by atoms with Gasteiger partial charge in [0.2, 0.25) is 21.8 Å². The molecule has 1 unspecified atom stereocenters. The number of amides is 2. The van der Waals surface area contributed by atoms with Crippen LogP contribution < -0.4 is 5.32 Å². The monoisotopic (exact) mass is 495 g/mol. The van der Waals surface area contributed by atoms with Gasteiger partial charge in [0.1, 0.15) is 0 Å². The molecule has 1 fully saturated rings. The number of nitrogens with one attached hydrogen (secondary N) is 1. The number of piperazine rings is 1. The van der Waals surface area contributed by atoms with Crippen LogP contribution in [0.5, 0.6) is 0 Å². The first-order valence-corrected chi connectivity index (χ1v) is 12.3. The van der Waals surface area contributed by atoms with Crippen molar-refractivity contribution in [1.82, 2.24) is 9.21 Å². The Morgan fingerprint density at radius 1 is 1.00 bits per heavy atom. The van der Waals surface area contributed by atoms with E-state index in [2.05, 4.69) is 5.32 Å². The van der Waals surface area contributed by atoms with E-state index in [-0.39, 0.29) is 50.3 Å². The van der Waals surface area contributed by atoms with E-state index in [1.165, 1.54) is 11.0 Å². The lowest BCUT2D eigenvalue weighted by Gasteiger charge is -2.34. The first kappa shape index (κ1) is 24.2. The van der Waals surface area contributed by atoms with Gasteiger partial charge in [0.25, 0.3) is 0 Å². The molecule has 0 aromatic heterocycles. The topological polar surface area (TPSA) is 86.8 Å². The van der Waals surface area contributed by atoms with Crippen molar-refractivity contribution in [2.24, 2.45) is 5.92 Å². The summed E-state index contributed by atoms with van der Waals surface area (Å²) in [6.45, 7) is -0.0486. The Kier molecular flexibility index (Phi) is 6.68. The number of sulfonamides is 1. The van der Waals surface area contributed by atoms with Crippen molar-refractivity contribution in [2.75, 3.05) is 31.5 Å². The molecule has 34 heavy (non-hydrogen) atoms. The second-order valence-corrected chi connectivity index (χ2v) is 10.3. The van der Waals surface area contributed by atoms with Crippen LogP contribution in [0.3, 0.4) is 0 Å². The van der Waals surface area contributed by atoms with Gasteiger partial charge in [-0.2, -0.15) is 17.5 Å². The zero-order valence-electron chi connectivity index (χ0n) is 18.2. The lowest BCUT2D eigenvalue weighted by molar-refractivity contribution is -0.140. The Bertz CT molecular complexity index is 1190. The van der Waals surface area contributed by atoms with Gasteiger partial charge in [-0.05, 0) is 36.6 Å². The molecule has 1 atom stereocenters. The summed E-state index contributed by atoms with van der Waals surface area (Å²) in [5.41, 5.74) is 0.581. The molecule has 182 valence electrons. The summed E-state index contributed by atoms with van der Waals surface area (Å²) < 4.78 is 66.6. The van der Waals surface area contributed by atoms with Crippen molar-refractivity contribution in [3.05, 3.63) is 59.7 Å². The molecule has 7 nitrogen and oxygen atoms in total. The molecule has 2 aliphatic rings. The summed E-state index contributed by atoms with van der Waals surface area (Å²) in [5.74, 6) is -0.676. The fourth-order valence-corrected chi connectivity index (χ4v) is 5.98. The van der Waals surface area contributed by atoms with Crippen molar-refractivity contribution in [3.63, 3.8) is 0 Å². The molecule has 11 heteroatoms. The van der Waals surface area contributed by atoms with Gasteiger partial charge in [0, 0.05) is 44.2 Å². The number of anilines is 1. The van der Waals surface area contributed by atoms with Gasteiger partial charge in [-0.15, -0.1) is 0 Å². The largest absolute Gasteiger partial charge is 0.417 e. The molecular weight excluding hydrogens is 471 g/mol. The molecule has 1 N–H and O–H groups in total. The van der Waals surface area contributed by atoms with Crippen LogP contribution in [-0.2, 0) is 32.2 Å². The van der Waals surface area contributed by atoms with Crippen molar-refractivity contribution in [3.8, 4) is 0 Å². The van der Waals surface area contributed by atoms with Gasteiger partial charge in [-0.3, -0.25) is 9.59 Å². The molecule has 2 aromatic rings. The summed E-state index contributed by atoms with van der Waals surface area (Å²) in [4.78, 5) is 25.7. The molecule has 0 radical (unpaired) electrons. The second-order valence-electron chi connectivity index (χ2n) is 8.36. The minimum Gasteiger partial charge on any atom is -0.340 e. The molecule has 2 heterocycles. The zero-order chi connectivity index (χ0) is 24.5. The molecule has 4 rings (SSSR count). The highest BCUT2D eigenvalue weighted by Crippen LogP contribution is 2.35.